The molecule has 0 aliphatic carbocycles. The molecule has 1 fully saturated rings. The molecule has 1 aliphatic heterocycles. The van der Waals surface area contributed by atoms with Crippen LogP contribution in [0.1, 0.15) is 25.3 Å². The number of halogens is 1. The fourth-order valence-corrected chi connectivity index (χ4v) is 3.19. The molecule has 0 radical (unpaired) electrons. The minimum absolute atomic E-state index is 0. The third kappa shape index (κ3) is 3.73. The van der Waals surface area contributed by atoms with Crippen LogP contribution < -0.4 is 5.73 Å². The molecule has 0 bridgehead atoms. The van der Waals surface area contributed by atoms with E-state index in [1.54, 1.807) is 0 Å². The van der Waals surface area contributed by atoms with E-state index >= 15 is 0 Å². The number of fused-ring (bicyclic) bond motifs is 1. The lowest BCUT2D eigenvalue weighted by Crippen LogP contribution is -2.45. The SMILES string of the molecule is CC1CCN(Cc2cnc3ccccc3c2)C(CN)C1.Cl. The molecule has 0 spiro atoms. The summed E-state index contributed by atoms with van der Waals surface area (Å²) in [6.45, 7) is 5.20. The number of aromatic nitrogens is 1. The Balaban J connectivity index is 0.00000161. The van der Waals surface area contributed by atoms with Gasteiger partial charge in [0.1, 0.15) is 0 Å². The van der Waals surface area contributed by atoms with Crippen molar-refractivity contribution >= 4 is 23.3 Å². The normalized spacial score (nSPS) is 23.0. The summed E-state index contributed by atoms with van der Waals surface area (Å²) < 4.78 is 0. The molecule has 0 amide bonds. The van der Waals surface area contributed by atoms with Gasteiger partial charge in [-0.15, -0.1) is 12.4 Å². The van der Waals surface area contributed by atoms with Crippen LogP contribution in [-0.2, 0) is 6.54 Å². The first-order chi connectivity index (χ1) is 9.76. The molecule has 2 unspecified atom stereocenters. The lowest BCUT2D eigenvalue weighted by molar-refractivity contribution is 0.115. The number of rotatable bonds is 3. The maximum absolute atomic E-state index is 5.94. The zero-order valence-electron chi connectivity index (χ0n) is 12.5. The number of nitrogens with zero attached hydrogens (tertiary/aromatic N) is 2. The third-order valence-electron chi connectivity index (χ3n) is 4.40. The molecular formula is C17H24ClN3. The predicted octanol–water partition coefficient (Wildman–Crippen LogP) is 3.22. The van der Waals surface area contributed by atoms with Crippen molar-refractivity contribution < 1.29 is 0 Å². The van der Waals surface area contributed by atoms with E-state index < -0.39 is 0 Å². The molecule has 2 heterocycles. The van der Waals surface area contributed by atoms with Crippen molar-refractivity contribution in [3.8, 4) is 0 Å². The summed E-state index contributed by atoms with van der Waals surface area (Å²) >= 11 is 0. The van der Waals surface area contributed by atoms with Crippen molar-refractivity contribution in [2.45, 2.75) is 32.4 Å². The van der Waals surface area contributed by atoms with E-state index in [0.29, 0.717) is 6.04 Å². The summed E-state index contributed by atoms with van der Waals surface area (Å²) in [4.78, 5) is 7.07. The first-order valence-corrected chi connectivity index (χ1v) is 7.54. The maximum Gasteiger partial charge on any atom is 0.0702 e. The number of nitrogens with two attached hydrogens (primary N) is 1. The molecule has 21 heavy (non-hydrogen) atoms. The molecule has 0 saturated carbocycles. The van der Waals surface area contributed by atoms with E-state index in [1.807, 2.05) is 12.3 Å². The van der Waals surface area contributed by atoms with E-state index in [-0.39, 0.29) is 12.4 Å². The molecule has 114 valence electrons. The van der Waals surface area contributed by atoms with Gasteiger partial charge in [-0.05, 0) is 43.0 Å². The summed E-state index contributed by atoms with van der Waals surface area (Å²) in [5.41, 5.74) is 8.30. The molecule has 2 aromatic rings. The average Bonchev–Trinajstić information content (AvgIpc) is 2.49. The molecular weight excluding hydrogens is 282 g/mol. The van der Waals surface area contributed by atoms with Gasteiger partial charge in [0.05, 0.1) is 5.52 Å². The molecule has 3 rings (SSSR count). The van der Waals surface area contributed by atoms with Crippen LogP contribution in [0.15, 0.2) is 36.5 Å². The Bertz CT molecular complexity index is 587. The van der Waals surface area contributed by atoms with Gasteiger partial charge in [-0.2, -0.15) is 0 Å². The number of likely N-dealkylation sites (tertiary alicyclic amines) is 1. The van der Waals surface area contributed by atoms with Crippen LogP contribution in [0.3, 0.4) is 0 Å². The summed E-state index contributed by atoms with van der Waals surface area (Å²) in [7, 11) is 0. The highest BCUT2D eigenvalue weighted by atomic mass is 35.5. The standard InChI is InChI=1S/C17H23N3.ClH/c1-13-6-7-20(16(8-13)10-18)12-14-9-15-4-2-3-5-17(15)19-11-14;/h2-5,9,11,13,16H,6-8,10,12,18H2,1H3;1H. The number of hydrogen-bond donors (Lipinski definition) is 1. The van der Waals surface area contributed by atoms with Gasteiger partial charge in [0, 0.05) is 30.7 Å². The van der Waals surface area contributed by atoms with Gasteiger partial charge in [0.2, 0.25) is 0 Å². The van der Waals surface area contributed by atoms with Gasteiger partial charge in [-0.1, -0.05) is 25.1 Å². The summed E-state index contributed by atoms with van der Waals surface area (Å²) in [5, 5.41) is 1.22. The number of piperidine rings is 1. The smallest absolute Gasteiger partial charge is 0.0702 e. The van der Waals surface area contributed by atoms with E-state index in [4.69, 9.17) is 5.73 Å². The molecule has 2 atom stereocenters. The largest absolute Gasteiger partial charge is 0.329 e. The molecule has 2 N–H and O–H groups in total. The van der Waals surface area contributed by atoms with Gasteiger partial charge in [-0.25, -0.2) is 0 Å². The maximum atomic E-state index is 5.94. The van der Waals surface area contributed by atoms with Crippen LogP contribution in [0.4, 0.5) is 0 Å². The Morgan fingerprint density at radius 2 is 2.14 bits per heavy atom. The average molecular weight is 306 g/mol. The predicted molar refractivity (Wildman–Crippen MR) is 90.6 cm³/mol. The van der Waals surface area contributed by atoms with Gasteiger partial charge in [0.25, 0.3) is 0 Å². The van der Waals surface area contributed by atoms with Crippen molar-refractivity contribution in [1.82, 2.24) is 9.88 Å². The topological polar surface area (TPSA) is 42.2 Å². The Hall–Kier alpha value is -1.16. The second kappa shape index (κ2) is 7.21. The van der Waals surface area contributed by atoms with Crippen molar-refractivity contribution in [3.63, 3.8) is 0 Å². The van der Waals surface area contributed by atoms with Crippen molar-refractivity contribution in [3.05, 3.63) is 42.1 Å². The van der Waals surface area contributed by atoms with Gasteiger partial charge < -0.3 is 5.73 Å². The monoisotopic (exact) mass is 305 g/mol. The molecule has 4 heteroatoms. The fourth-order valence-electron chi connectivity index (χ4n) is 3.19. The fraction of sp³-hybridized carbons (Fsp3) is 0.471. The summed E-state index contributed by atoms with van der Waals surface area (Å²) in [5.74, 6) is 0.800. The first kappa shape index (κ1) is 16.2. The first-order valence-electron chi connectivity index (χ1n) is 7.54. The quantitative estimate of drug-likeness (QED) is 0.947. The van der Waals surface area contributed by atoms with Crippen molar-refractivity contribution in [2.75, 3.05) is 13.1 Å². The Morgan fingerprint density at radius 3 is 2.95 bits per heavy atom. The second-order valence-electron chi connectivity index (χ2n) is 6.03. The molecule has 3 nitrogen and oxygen atoms in total. The molecule has 1 aromatic carbocycles. The Kier molecular flexibility index (Phi) is 5.57. The van der Waals surface area contributed by atoms with Gasteiger partial charge >= 0.3 is 0 Å². The Labute approximate surface area is 132 Å². The zero-order valence-corrected chi connectivity index (χ0v) is 13.4. The van der Waals surface area contributed by atoms with E-state index in [2.05, 4.69) is 41.1 Å². The van der Waals surface area contributed by atoms with Gasteiger partial charge in [-0.3, -0.25) is 9.88 Å². The summed E-state index contributed by atoms with van der Waals surface area (Å²) in [6, 6.07) is 11.1. The summed E-state index contributed by atoms with van der Waals surface area (Å²) in [6.07, 6.45) is 4.50. The Morgan fingerprint density at radius 1 is 1.33 bits per heavy atom. The second-order valence-corrected chi connectivity index (χ2v) is 6.03. The van der Waals surface area contributed by atoms with E-state index in [1.165, 1.54) is 23.8 Å². The van der Waals surface area contributed by atoms with Crippen LogP contribution in [-0.4, -0.2) is 29.0 Å². The van der Waals surface area contributed by atoms with Crippen molar-refractivity contribution in [2.24, 2.45) is 11.7 Å². The van der Waals surface area contributed by atoms with Gasteiger partial charge in [0.15, 0.2) is 0 Å². The van der Waals surface area contributed by atoms with Crippen LogP contribution >= 0.6 is 12.4 Å². The highest BCUT2D eigenvalue weighted by Crippen LogP contribution is 2.24. The van der Waals surface area contributed by atoms with E-state index in [0.717, 1.165) is 31.1 Å². The highest BCUT2D eigenvalue weighted by molar-refractivity contribution is 5.85. The molecule has 1 aliphatic rings. The minimum atomic E-state index is 0. The molecule has 1 saturated heterocycles. The third-order valence-corrected chi connectivity index (χ3v) is 4.40. The number of hydrogen-bond acceptors (Lipinski definition) is 3. The lowest BCUT2D eigenvalue weighted by atomic mass is 9.92. The minimum Gasteiger partial charge on any atom is -0.329 e. The zero-order chi connectivity index (χ0) is 13.9. The van der Waals surface area contributed by atoms with Crippen LogP contribution in [0.2, 0.25) is 0 Å². The highest BCUT2D eigenvalue weighted by Gasteiger charge is 2.25. The number of benzene rings is 1. The van der Waals surface area contributed by atoms with Crippen LogP contribution in [0, 0.1) is 5.92 Å². The van der Waals surface area contributed by atoms with Crippen LogP contribution in [0.5, 0.6) is 0 Å². The number of pyridine rings is 1. The molecule has 1 aromatic heterocycles. The van der Waals surface area contributed by atoms with Crippen LogP contribution in [0.25, 0.3) is 10.9 Å². The van der Waals surface area contributed by atoms with Crippen molar-refractivity contribution in [1.29, 1.82) is 0 Å². The lowest BCUT2D eigenvalue weighted by Gasteiger charge is -2.38. The number of para-hydroxylation sites is 1. The van der Waals surface area contributed by atoms with E-state index in [9.17, 15) is 0 Å².